The molecule has 0 aliphatic carbocycles. The fraction of sp³-hybridized carbons (Fsp3) is 0. The molecule has 1 aromatic heterocycles. The van der Waals surface area contributed by atoms with Crippen LogP contribution < -0.4 is 10.6 Å². The first-order chi connectivity index (χ1) is 14.1. The number of aromatic nitrogens is 1. The number of carbonyl (C=O) groups is 1. The Kier molecular flexibility index (Phi) is 5.51. The Balaban J connectivity index is 1.62. The summed E-state index contributed by atoms with van der Waals surface area (Å²) < 4.78 is 5.88. The third-order valence-electron chi connectivity index (χ3n) is 4.11. The maximum atomic E-state index is 12.4. The van der Waals surface area contributed by atoms with Crippen LogP contribution in [-0.4, -0.2) is 11.0 Å². The fourth-order valence-electron chi connectivity index (χ4n) is 2.79. The molecule has 0 bridgehead atoms. The molecule has 2 amide bonds. The third kappa shape index (κ3) is 4.42. The second kappa shape index (κ2) is 8.39. The molecule has 0 fully saturated rings. The van der Waals surface area contributed by atoms with Crippen molar-refractivity contribution in [1.82, 2.24) is 4.98 Å². The minimum Gasteiger partial charge on any atom is -0.423 e. The molecule has 0 saturated carbocycles. The lowest BCUT2D eigenvalue weighted by Crippen LogP contribution is -2.19. The van der Waals surface area contributed by atoms with E-state index < -0.39 is 6.03 Å². The van der Waals surface area contributed by atoms with Gasteiger partial charge in [0, 0.05) is 16.1 Å². The van der Waals surface area contributed by atoms with E-state index in [-0.39, 0.29) is 6.01 Å². The van der Waals surface area contributed by atoms with Crippen LogP contribution in [0.1, 0.15) is 0 Å². The van der Waals surface area contributed by atoms with E-state index in [0.29, 0.717) is 27.2 Å². The number of nitrogens with one attached hydrogen (secondary N) is 2. The molecule has 29 heavy (non-hydrogen) atoms. The summed E-state index contributed by atoms with van der Waals surface area (Å²) in [7, 11) is 0. The average molecular weight is 424 g/mol. The number of nitrogens with zero attached hydrogens (tertiary/aromatic N) is 1. The second-order valence-corrected chi connectivity index (χ2v) is 6.98. The van der Waals surface area contributed by atoms with Crippen LogP contribution in [0.15, 0.2) is 83.3 Å². The Morgan fingerprint density at radius 3 is 2.14 bits per heavy atom. The van der Waals surface area contributed by atoms with Crippen molar-refractivity contribution < 1.29 is 9.21 Å². The molecule has 0 aliphatic heterocycles. The highest BCUT2D eigenvalue weighted by Gasteiger charge is 2.18. The second-order valence-electron chi connectivity index (χ2n) is 6.13. The van der Waals surface area contributed by atoms with Gasteiger partial charge in [0.2, 0.25) is 0 Å². The van der Waals surface area contributed by atoms with Gasteiger partial charge in [-0.2, -0.15) is 4.98 Å². The van der Waals surface area contributed by atoms with Gasteiger partial charge >= 0.3 is 12.0 Å². The summed E-state index contributed by atoms with van der Waals surface area (Å²) in [4.78, 5) is 16.9. The monoisotopic (exact) mass is 423 g/mol. The zero-order valence-corrected chi connectivity index (χ0v) is 16.5. The largest absolute Gasteiger partial charge is 0.423 e. The first kappa shape index (κ1) is 19.1. The Labute approximate surface area is 177 Å². The zero-order chi connectivity index (χ0) is 20.2. The van der Waals surface area contributed by atoms with Crippen LogP contribution in [-0.2, 0) is 0 Å². The minimum absolute atomic E-state index is 0.0743. The predicted octanol–water partition coefficient (Wildman–Crippen LogP) is 6.96. The van der Waals surface area contributed by atoms with Crippen molar-refractivity contribution in [3.8, 4) is 22.6 Å². The fourth-order valence-corrected chi connectivity index (χ4v) is 3.25. The molecule has 4 aromatic rings. The molecule has 0 radical (unpaired) electrons. The van der Waals surface area contributed by atoms with E-state index in [0.717, 1.165) is 11.1 Å². The number of carbonyl (C=O) groups excluding carboxylic acids is 1. The van der Waals surface area contributed by atoms with Gasteiger partial charge in [-0.15, -0.1) is 0 Å². The number of anilines is 2. The number of halogens is 2. The Morgan fingerprint density at radius 2 is 1.48 bits per heavy atom. The van der Waals surface area contributed by atoms with Gasteiger partial charge in [-0.3, -0.25) is 5.32 Å². The highest BCUT2D eigenvalue weighted by atomic mass is 35.5. The first-order valence-corrected chi connectivity index (χ1v) is 9.50. The summed E-state index contributed by atoms with van der Waals surface area (Å²) in [6, 6.07) is 23.5. The molecule has 3 aromatic carbocycles. The van der Waals surface area contributed by atoms with Crippen molar-refractivity contribution >= 4 is 40.9 Å². The molecular formula is C22H15Cl2N3O2. The molecule has 0 atom stereocenters. The summed E-state index contributed by atoms with van der Waals surface area (Å²) in [6.07, 6.45) is 0. The van der Waals surface area contributed by atoms with Crippen LogP contribution in [0.4, 0.5) is 16.5 Å². The number of oxazole rings is 1. The van der Waals surface area contributed by atoms with Crippen LogP contribution in [0.25, 0.3) is 22.6 Å². The average Bonchev–Trinajstić information content (AvgIpc) is 3.15. The van der Waals surface area contributed by atoms with E-state index in [1.165, 1.54) is 0 Å². The number of hydrogen-bond acceptors (Lipinski definition) is 3. The number of hydrogen-bond donors (Lipinski definition) is 2. The Morgan fingerprint density at radius 1 is 0.828 bits per heavy atom. The van der Waals surface area contributed by atoms with Crippen LogP contribution in [0, 0.1) is 0 Å². The van der Waals surface area contributed by atoms with Crippen molar-refractivity contribution in [3.63, 3.8) is 0 Å². The number of benzene rings is 3. The van der Waals surface area contributed by atoms with Crippen molar-refractivity contribution in [2.75, 3.05) is 10.6 Å². The van der Waals surface area contributed by atoms with Crippen LogP contribution in [0.3, 0.4) is 0 Å². The summed E-state index contributed by atoms with van der Waals surface area (Å²) >= 11 is 12.0. The summed E-state index contributed by atoms with van der Waals surface area (Å²) in [6.45, 7) is 0. The first-order valence-electron chi connectivity index (χ1n) is 8.75. The summed E-state index contributed by atoms with van der Waals surface area (Å²) in [5, 5.41) is 6.08. The molecule has 0 aliphatic rings. The zero-order valence-electron chi connectivity index (χ0n) is 15.0. The predicted molar refractivity (Wildman–Crippen MR) is 116 cm³/mol. The summed E-state index contributed by atoms with van der Waals surface area (Å²) in [5.74, 6) is 0.566. The lowest BCUT2D eigenvalue weighted by atomic mass is 10.1. The van der Waals surface area contributed by atoms with Gasteiger partial charge in [0.1, 0.15) is 5.69 Å². The van der Waals surface area contributed by atoms with Gasteiger partial charge in [-0.25, -0.2) is 4.79 Å². The molecule has 4 rings (SSSR count). The van der Waals surface area contributed by atoms with Gasteiger partial charge in [-0.1, -0.05) is 83.9 Å². The maximum Gasteiger partial charge on any atom is 0.327 e. The molecule has 0 unspecified atom stereocenters. The molecule has 1 heterocycles. The molecule has 7 heteroatoms. The standard InChI is InChI=1S/C22H15Cl2N3O2/c23-16-11-12-18(17(24)13-16)25-21(28)27-22-26-19(14-7-3-1-4-8-14)20(29-22)15-9-5-2-6-10-15/h1-13H,(H2,25,26,27,28). The minimum atomic E-state index is -0.533. The lowest BCUT2D eigenvalue weighted by molar-refractivity contribution is 0.261. The van der Waals surface area contributed by atoms with Crippen molar-refractivity contribution in [1.29, 1.82) is 0 Å². The van der Waals surface area contributed by atoms with E-state index in [1.807, 2.05) is 60.7 Å². The molecule has 5 nitrogen and oxygen atoms in total. The van der Waals surface area contributed by atoms with Crippen LogP contribution in [0.5, 0.6) is 0 Å². The molecule has 144 valence electrons. The van der Waals surface area contributed by atoms with E-state index in [4.69, 9.17) is 27.6 Å². The molecule has 0 spiro atoms. The van der Waals surface area contributed by atoms with Gasteiger partial charge in [0.05, 0.1) is 10.7 Å². The van der Waals surface area contributed by atoms with Crippen molar-refractivity contribution in [2.24, 2.45) is 0 Å². The van der Waals surface area contributed by atoms with Gasteiger partial charge in [0.25, 0.3) is 0 Å². The highest BCUT2D eigenvalue weighted by Crippen LogP contribution is 2.34. The van der Waals surface area contributed by atoms with Gasteiger partial charge in [-0.05, 0) is 18.2 Å². The van der Waals surface area contributed by atoms with Crippen molar-refractivity contribution in [2.45, 2.75) is 0 Å². The Hall–Kier alpha value is -3.28. The molecule has 0 saturated heterocycles. The van der Waals surface area contributed by atoms with E-state index in [1.54, 1.807) is 18.2 Å². The smallest absolute Gasteiger partial charge is 0.327 e. The van der Waals surface area contributed by atoms with Gasteiger partial charge in [0.15, 0.2) is 5.76 Å². The maximum absolute atomic E-state index is 12.4. The lowest BCUT2D eigenvalue weighted by Gasteiger charge is -2.07. The van der Waals surface area contributed by atoms with E-state index in [9.17, 15) is 4.79 Å². The SMILES string of the molecule is O=C(Nc1nc(-c2ccccc2)c(-c2ccccc2)o1)Nc1ccc(Cl)cc1Cl. The molecule has 2 N–H and O–H groups in total. The van der Waals surface area contributed by atoms with Crippen LogP contribution >= 0.6 is 23.2 Å². The number of amides is 2. The number of urea groups is 1. The Bertz CT molecular complexity index is 1090. The van der Waals surface area contributed by atoms with E-state index in [2.05, 4.69) is 15.6 Å². The third-order valence-corrected chi connectivity index (χ3v) is 4.66. The van der Waals surface area contributed by atoms with Gasteiger partial charge < -0.3 is 9.73 Å². The highest BCUT2D eigenvalue weighted by molar-refractivity contribution is 6.36. The quantitative estimate of drug-likeness (QED) is 0.372. The molecular weight excluding hydrogens is 409 g/mol. The van der Waals surface area contributed by atoms with E-state index >= 15 is 0 Å². The normalized spacial score (nSPS) is 10.6. The van der Waals surface area contributed by atoms with Crippen molar-refractivity contribution in [3.05, 3.63) is 88.9 Å². The summed E-state index contributed by atoms with van der Waals surface area (Å²) in [5.41, 5.74) is 2.79. The number of rotatable bonds is 4. The topological polar surface area (TPSA) is 67.2 Å². The van der Waals surface area contributed by atoms with Crippen LogP contribution in [0.2, 0.25) is 10.0 Å².